The summed E-state index contributed by atoms with van der Waals surface area (Å²) in [6.07, 6.45) is 2.39. The molecule has 0 radical (unpaired) electrons. The lowest BCUT2D eigenvalue weighted by atomic mass is 10.1. The molecule has 2 N–H and O–H groups in total. The third-order valence-electron chi connectivity index (χ3n) is 5.42. The van der Waals surface area contributed by atoms with Gasteiger partial charge in [-0.25, -0.2) is 13.2 Å². The number of aryl methyl sites for hydroxylation is 1. The zero-order valence-electron chi connectivity index (χ0n) is 17.1. The molecular formula is C20H32N4O4S. The number of carbonyl (C=O) groups is 1. The predicted octanol–water partition coefficient (Wildman–Crippen LogP) is 1.17. The highest BCUT2D eigenvalue weighted by atomic mass is 32.2. The van der Waals surface area contributed by atoms with Crippen LogP contribution in [0.3, 0.4) is 0 Å². The van der Waals surface area contributed by atoms with Crippen LogP contribution in [-0.2, 0) is 14.8 Å². The van der Waals surface area contributed by atoms with Gasteiger partial charge < -0.3 is 15.4 Å². The van der Waals surface area contributed by atoms with Crippen molar-refractivity contribution in [1.29, 1.82) is 0 Å². The molecule has 1 aromatic carbocycles. The lowest BCUT2D eigenvalue weighted by Gasteiger charge is -2.32. The van der Waals surface area contributed by atoms with Gasteiger partial charge in [0.2, 0.25) is 10.0 Å². The number of piperidine rings is 1. The average Bonchev–Trinajstić information content (AvgIpc) is 2.72. The number of carbonyl (C=O) groups excluding carboxylic acids is 1. The number of hydrogen-bond donors (Lipinski definition) is 2. The number of benzene rings is 1. The number of hydrogen-bond acceptors (Lipinski definition) is 5. The summed E-state index contributed by atoms with van der Waals surface area (Å²) in [4.78, 5) is 14.8. The maximum absolute atomic E-state index is 12.9. The van der Waals surface area contributed by atoms with Gasteiger partial charge in [0.05, 0.1) is 18.1 Å². The van der Waals surface area contributed by atoms with E-state index >= 15 is 0 Å². The van der Waals surface area contributed by atoms with Crippen molar-refractivity contribution >= 4 is 16.1 Å². The Morgan fingerprint density at radius 3 is 2.62 bits per heavy atom. The van der Waals surface area contributed by atoms with Crippen molar-refractivity contribution in [2.45, 2.75) is 37.1 Å². The molecule has 162 valence electrons. The van der Waals surface area contributed by atoms with Gasteiger partial charge in [-0.3, -0.25) is 4.90 Å². The van der Waals surface area contributed by atoms with Gasteiger partial charge in [0.25, 0.3) is 0 Å². The van der Waals surface area contributed by atoms with E-state index in [0.29, 0.717) is 24.5 Å². The van der Waals surface area contributed by atoms with Crippen LogP contribution in [0.15, 0.2) is 29.2 Å². The van der Waals surface area contributed by atoms with E-state index in [0.717, 1.165) is 57.7 Å². The zero-order chi connectivity index (χ0) is 20.7. The Hall–Kier alpha value is -1.68. The lowest BCUT2D eigenvalue weighted by Crippen LogP contribution is -2.52. The van der Waals surface area contributed by atoms with Crippen molar-refractivity contribution in [2.75, 3.05) is 52.5 Å². The molecule has 2 aliphatic heterocycles. The number of nitrogens with zero attached hydrogens (tertiary/aromatic N) is 2. The molecule has 2 heterocycles. The molecule has 3 rings (SSSR count). The van der Waals surface area contributed by atoms with Crippen molar-refractivity contribution in [1.82, 2.24) is 19.8 Å². The maximum atomic E-state index is 12.9. The quantitative estimate of drug-likeness (QED) is 0.641. The Labute approximate surface area is 173 Å². The molecular weight excluding hydrogens is 392 g/mol. The number of morpholine rings is 1. The summed E-state index contributed by atoms with van der Waals surface area (Å²) in [6, 6.07) is 6.48. The van der Waals surface area contributed by atoms with Crippen LogP contribution in [0.1, 0.15) is 24.8 Å². The van der Waals surface area contributed by atoms with Crippen molar-refractivity contribution in [3.63, 3.8) is 0 Å². The van der Waals surface area contributed by atoms with E-state index in [1.54, 1.807) is 24.3 Å². The van der Waals surface area contributed by atoms with Gasteiger partial charge in [-0.1, -0.05) is 17.7 Å². The number of ether oxygens (including phenoxy) is 1. The van der Waals surface area contributed by atoms with Crippen molar-refractivity contribution < 1.29 is 17.9 Å². The fourth-order valence-corrected chi connectivity index (χ4v) is 5.23. The summed E-state index contributed by atoms with van der Waals surface area (Å²) in [7, 11) is -3.53. The van der Waals surface area contributed by atoms with E-state index in [-0.39, 0.29) is 12.1 Å². The van der Waals surface area contributed by atoms with Crippen LogP contribution in [0.4, 0.5) is 4.79 Å². The van der Waals surface area contributed by atoms with Crippen LogP contribution in [0.25, 0.3) is 0 Å². The Kier molecular flexibility index (Phi) is 7.88. The molecule has 8 nitrogen and oxygen atoms in total. The fraction of sp³-hybridized carbons (Fsp3) is 0.650. The molecule has 2 amide bonds. The smallest absolute Gasteiger partial charge is 0.315 e. The lowest BCUT2D eigenvalue weighted by molar-refractivity contribution is 0.0375. The second-order valence-electron chi connectivity index (χ2n) is 7.72. The molecule has 0 saturated carbocycles. The molecule has 9 heteroatoms. The minimum Gasteiger partial charge on any atom is -0.379 e. The van der Waals surface area contributed by atoms with Gasteiger partial charge in [-0.05, 0) is 44.9 Å². The van der Waals surface area contributed by atoms with Crippen LogP contribution in [0.2, 0.25) is 0 Å². The van der Waals surface area contributed by atoms with Crippen LogP contribution in [0.5, 0.6) is 0 Å². The summed E-state index contributed by atoms with van der Waals surface area (Å²) < 4.78 is 32.6. The summed E-state index contributed by atoms with van der Waals surface area (Å²) >= 11 is 0. The molecule has 0 aromatic heterocycles. The number of sulfonamides is 1. The molecule has 2 saturated heterocycles. The van der Waals surface area contributed by atoms with Gasteiger partial charge in [-0.15, -0.1) is 0 Å². The Morgan fingerprint density at radius 1 is 1.17 bits per heavy atom. The van der Waals surface area contributed by atoms with Crippen molar-refractivity contribution in [3.05, 3.63) is 29.8 Å². The van der Waals surface area contributed by atoms with E-state index in [9.17, 15) is 13.2 Å². The monoisotopic (exact) mass is 424 g/mol. The highest BCUT2D eigenvalue weighted by Crippen LogP contribution is 2.21. The molecule has 1 unspecified atom stereocenters. The Bertz CT molecular complexity index is 763. The second-order valence-corrected chi connectivity index (χ2v) is 9.66. The van der Waals surface area contributed by atoms with E-state index in [1.165, 1.54) is 4.31 Å². The molecule has 1 atom stereocenters. The third-order valence-corrected chi connectivity index (χ3v) is 7.30. The summed E-state index contributed by atoms with van der Waals surface area (Å²) in [5.41, 5.74) is 1.02. The van der Waals surface area contributed by atoms with E-state index in [4.69, 9.17) is 4.74 Å². The predicted molar refractivity (Wildman–Crippen MR) is 111 cm³/mol. The van der Waals surface area contributed by atoms with Crippen LogP contribution in [0, 0.1) is 6.92 Å². The molecule has 0 spiro atoms. The molecule has 29 heavy (non-hydrogen) atoms. The minimum atomic E-state index is -3.53. The first-order chi connectivity index (χ1) is 13.9. The topological polar surface area (TPSA) is 91.0 Å². The van der Waals surface area contributed by atoms with Gasteiger partial charge in [0.1, 0.15) is 0 Å². The van der Waals surface area contributed by atoms with Gasteiger partial charge in [0.15, 0.2) is 0 Å². The first-order valence-corrected chi connectivity index (χ1v) is 11.8. The largest absolute Gasteiger partial charge is 0.379 e. The highest BCUT2D eigenvalue weighted by Gasteiger charge is 2.30. The maximum Gasteiger partial charge on any atom is 0.315 e. The van der Waals surface area contributed by atoms with E-state index in [1.807, 2.05) is 6.92 Å². The summed E-state index contributed by atoms with van der Waals surface area (Å²) in [5.74, 6) is 0. The van der Waals surface area contributed by atoms with Crippen molar-refractivity contribution in [3.8, 4) is 0 Å². The van der Waals surface area contributed by atoms with Gasteiger partial charge in [-0.2, -0.15) is 4.31 Å². The van der Waals surface area contributed by atoms with Crippen LogP contribution < -0.4 is 10.6 Å². The minimum absolute atomic E-state index is 0.178. The normalized spacial score (nSPS) is 21.6. The summed E-state index contributed by atoms with van der Waals surface area (Å²) in [6.45, 7) is 7.69. The first-order valence-electron chi connectivity index (χ1n) is 10.4. The highest BCUT2D eigenvalue weighted by molar-refractivity contribution is 7.89. The Balaban J connectivity index is 1.42. The Morgan fingerprint density at radius 2 is 1.90 bits per heavy atom. The number of urea groups is 1. The summed E-state index contributed by atoms with van der Waals surface area (Å²) in [5, 5.41) is 5.82. The number of amides is 2. The molecule has 0 bridgehead atoms. The number of nitrogens with one attached hydrogen (secondary N) is 2. The van der Waals surface area contributed by atoms with E-state index < -0.39 is 10.0 Å². The fourth-order valence-electron chi connectivity index (χ4n) is 3.70. The molecule has 0 aliphatic carbocycles. The van der Waals surface area contributed by atoms with Crippen LogP contribution in [-0.4, -0.2) is 82.2 Å². The average molecular weight is 425 g/mol. The van der Waals surface area contributed by atoms with Crippen molar-refractivity contribution in [2.24, 2.45) is 0 Å². The van der Waals surface area contributed by atoms with Crippen LogP contribution >= 0.6 is 0 Å². The number of rotatable bonds is 7. The zero-order valence-corrected chi connectivity index (χ0v) is 17.9. The molecule has 2 fully saturated rings. The van der Waals surface area contributed by atoms with Gasteiger partial charge >= 0.3 is 6.03 Å². The molecule has 2 aliphatic rings. The van der Waals surface area contributed by atoms with E-state index in [2.05, 4.69) is 15.5 Å². The first kappa shape index (κ1) is 22.0. The third kappa shape index (κ3) is 6.40. The van der Waals surface area contributed by atoms with Gasteiger partial charge in [0, 0.05) is 38.8 Å². The second kappa shape index (κ2) is 10.4. The molecule has 1 aromatic rings. The standard InChI is InChI=1S/C20H32N4O4S/c1-17-5-7-19(8-6-17)29(26,27)24-11-2-4-18(16-24)22-20(25)21-9-3-10-23-12-14-28-15-13-23/h5-8,18H,2-4,9-16H2,1H3,(H2,21,22,25). The SMILES string of the molecule is Cc1ccc(S(=O)(=O)N2CCCC(NC(=O)NCCCN3CCOCC3)C2)cc1.